The van der Waals surface area contributed by atoms with E-state index in [0.717, 1.165) is 6.42 Å². The molecule has 0 aliphatic rings. The lowest BCUT2D eigenvalue weighted by atomic mass is 9.94. The summed E-state index contributed by atoms with van der Waals surface area (Å²) in [5.74, 6) is -0.354. The monoisotopic (exact) mass is 254 g/mol. The molecule has 0 saturated heterocycles. The van der Waals surface area contributed by atoms with E-state index in [9.17, 15) is 9.00 Å². The number of carbonyl (C=O) groups is 1. The Bertz CT molecular complexity index is 415. The molecule has 3 nitrogen and oxygen atoms in total. The number of carboxylic acids is 1. The second-order valence-corrected chi connectivity index (χ2v) is 6.76. The summed E-state index contributed by atoms with van der Waals surface area (Å²) in [5.41, 5.74) is 0.387. The molecule has 1 atom stereocenters. The van der Waals surface area contributed by atoms with Crippen LogP contribution >= 0.6 is 0 Å². The number of carboxylic acid groups (broad SMARTS) is 1. The molecule has 0 radical (unpaired) electrons. The van der Waals surface area contributed by atoms with Crippen molar-refractivity contribution in [2.45, 2.75) is 32.1 Å². The van der Waals surface area contributed by atoms with Crippen molar-refractivity contribution in [1.29, 1.82) is 0 Å². The normalized spacial score (nSPS) is 13.4. The summed E-state index contributed by atoms with van der Waals surface area (Å²) in [6.45, 7) is 6.33. The van der Waals surface area contributed by atoms with E-state index in [1.165, 1.54) is 12.1 Å². The Morgan fingerprint density at radius 3 is 2.18 bits per heavy atom. The fourth-order valence-electron chi connectivity index (χ4n) is 1.27. The predicted molar refractivity (Wildman–Crippen MR) is 68.7 cm³/mol. The largest absolute Gasteiger partial charge is 0.478 e. The van der Waals surface area contributed by atoms with E-state index >= 15 is 0 Å². The smallest absolute Gasteiger partial charge is 0.335 e. The van der Waals surface area contributed by atoms with Crippen LogP contribution in [0.25, 0.3) is 0 Å². The van der Waals surface area contributed by atoms with E-state index in [2.05, 4.69) is 20.8 Å². The average Bonchev–Trinajstić information content (AvgIpc) is 2.25. The summed E-state index contributed by atoms with van der Waals surface area (Å²) < 4.78 is 11.9. The van der Waals surface area contributed by atoms with Crippen molar-refractivity contribution < 1.29 is 14.1 Å². The van der Waals surface area contributed by atoms with Crippen LogP contribution in [0.3, 0.4) is 0 Å². The molecule has 0 aromatic heterocycles. The van der Waals surface area contributed by atoms with Gasteiger partial charge in [0, 0.05) is 10.6 Å². The zero-order valence-corrected chi connectivity index (χ0v) is 11.2. The molecule has 17 heavy (non-hydrogen) atoms. The molecule has 0 amide bonds. The maximum absolute atomic E-state index is 11.9. The van der Waals surface area contributed by atoms with Crippen LogP contribution in [0, 0.1) is 5.41 Å². The second-order valence-electron chi connectivity index (χ2n) is 5.19. The van der Waals surface area contributed by atoms with Crippen LogP contribution < -0.4 is 0 Å². The first-order valence-corrected chi connectivity index (χ1v) is 6.83. The van der Waals surface area contributed by atoms with E-state index in [4.69, 9.17) is 5.11 Å². The van der Waals surface area contributed by atoms with Gasteiger partial charge in [0.05, 0.1) is 16.4 Å². The molecule has 0 heterocycles. The minimum Gasteiger partial charge on any atom is -0.478 e. The van der Waals surface area contributed by atoms with Gasteiger partial charge >= 0.3 is 5.97 Å². The van der Waals surface area contributed by atoms with Crippen LogP contribution in [-0.4, -0.2) is 21.0 Å². The third kappa shape index (κ3) is 4.69. The van der Waals surface area contributed by atoms with Crippen molar-refractivity contribution in [3.8, 4) is 0 Å². The zero-order valence-electron chi connectivity index (χ0n) is 10.4. The molecule has 0 saturated carbocycles. The fraction of sp³-hybridized carbons (Fsp3) is 0.462. The third-order valence-corrected chi connectivity index (χ3v) is 3.77. The summed E-state index contributed by atoms with van der Waals surface area (Å²) in [7, 11) is -1.04. The fourth-order valence-corrected chi connectivity index (χ4v) is 2.74. The Morgan fingerprint density at radius 2 is 1.76 bits per heavy atom. The van der Waals surface area contributed by atoms with Crippen molar-refractivity contribution in [3.63, 3.8) is 0 Å². The first-order chi connectivity index (χ1) is 7.79. The van der Waals surface area contributed by atoms with Crippen LogP contribution in [0.1, 0.15) is 37.6 Å². The minimum absolute atomic E-state index is 0.163. The van der Waals surface area contributed by atoms with Gasteiger partial charge in [0.2, 0.25) is 0 Å². The summed E-state index contributed by atoms with van der Waals surface area (Å²) in [5, 5.41) is 8.75. The quantitative estimate of drug-likeness (QED) is 0.898. The Labute approximate surface area is 104 Å². The lowest BCUT2D eigenvalue weighted by Crippen LogP contribution is -2.11. The summed E-state index contributed by atoms with van der Waals surface area (Å²) >= 11 is 0. The first-order valence-electron chi connectivity index (χ1n) is 5.51. The molecular weight excluding hydrogens is 236 g/mol. The van der Waals surface area contributed by atoms with Crippen LogP contribution in [0.4, 0.5) is 0 Å². The molecule has 0 bridgehead atoms. The maximum Gasteiger partial charge on any atom is 0.335 e. The van der Waals surface area contributed by atoms with Gasteiger partial charge in [-0.1, -0.05) is 20.8 Å². The van der Waals surface area contributed by atoms with Crippen molar-refractivity contribution in [3.05, 3.63) is 29.8 Å². The lowest BCUT2D eigenvalue weighted by Gasteiger charge is -2.17. The molecule has 94 valence electrons. The van der Waals surface area contributed by atoms with Gasteiger partial charge in [0.25, 0.3) is 0 Å². The van der Waals surface area contributed by atoms with Gasteiger partial charge in [0.15, 0.2) is 0 Å². The lowest BCUT2D eigenvalue weighted by molar-refractivity contribution is 0.0697. The summed E-state index contributed by atoms with van der Waals surface area (Å²) in [6, 6.07) is 6.24. The highest BCUT2D eigenvalue weighted by atomic mass is 32.2. The van der Waals surface area contributed by atoms with Crippen LogP contribution in [-0.2, 0) is 10.8 Å². The standard InChI is InChI=1S/C13H18O3S/c1-13(2,3)8-9-17(16)11-6-4-10(5-7-11)12(14)15/h4-7H,8-9H2,1-3H3,(H,14,15). The van der Waals surface area contributed by atoms with E-state index in [1.54, 1.807) is 12.1 Å². The van der Waals surface area contributed by atoms with Crippen LogP contribution in [0.2, 0.25) is 0 Å². The highest BCUT2D eigenvalue weighted by molar-refractivity contribution is 7.85. The molecule has 0 aliphatic heterocycles. The highest BCUT2D eigenvalue weighted by Gasteiger charge is 2.13. The van der Waals surface area contributed by atoms with Gasteiger partial charge in [-0.2, -0.15) is 0 Å². The van der Waals surface area contributed by atoms with Gasteiger partial charge in [-0.25, -0.2) is 4.79 Å². The molecular formula is C13H18O3S. The Kier molecular flexibility index (Phi) is 4.46. The van der Waals surface area contributed by atoms with E-state index in [-0.39, 0.29) is 11.0 Å². The first kappa shape index (κ1) is 13.9. The maximum atomic E-state index is 11.9. The number of aromatic carboxylic acids is 1. The van der Waals surface area contributed by atoms with Gasteiger partial charge in [-0.15, -0.1) is 0 Å². The topological polar surface area (TPSA) is 54.4 Å². The number of rotatable bonds is 4. The van der Waals surface area contributed by atoms with Crippen molar-refractivity contribution in [2.24, 2.45) is 5.41 Å². The number of hydrogen-bond acceptors (Lipinski definition) is 2. The van der Waals surface area contributed by atoms with E-state index in [1.807, 2.05) is 0 Å². The number of hydrogen-bond donors (Lipinski definition) is 1. The molecule has 1 rings (SSSR count). The third-order valence-electron chi connectivity index (χ3n) is 2.40. The average molecular weight is 254 g/mol. The van der Waals surface area contributed by atoms with Crippen molar-refractivity contribution in [2.75, 3.05) is 5.75 Å². The molecule has 1 aromatic carbocycles. The van der Waals surface area contributed by atoms with Crippen molar-refractivity contribution >= 4 is 16.8 Å². The molecule has 1 N–H and O–H groups in total. The van der Waals surface area contributed by atoms with Gasteiger partial charge in [0.1, 0.15) is 0 Å². The molecule has 0 fully saturated rings. The van der Waals surface area contributed by atoms with Crippen LogP contribution in [0.15, 0.2) is 29.2 Å². The second kappa shape index (κ2) is 5.45. The Balaban J connectivity index is 2.67. The predicted octanol–water partition coefficient (Wildman–Crippen LogP) is 2.93. The molecule has 1 unspecified atom stereocenters. The van der Waals surface area contributed by atoms with Gasteiger partial charge in [-0.05, 0) is 36.1 Å². The molecule has 4 heteroatoms. The minimum atomic E-state index is -1.04. The van der Waals surface area contributed by atoms with E-state index < -0.39 is 16.8 Å². The molecule has 1 aromatic rings. The Morgan fingerprint density at radius 1 is 1.24 bits per heavy atom. The Hall–Kier alpha value is -1.16. The van der Waals surface area contributed by atoms with Gasteiger partial charge in [-0.3, -0.25) is 4.21 Å². The van der Waals surface area contributed by atoms with Gasteiger partial charge < -0.3 is 5.11 Å². The van der Waals surface area contributed by atoms with E-state index in [0.29, 0.717) is 10.6 Å². The van der Waals surface area contributed by atoms with Crippen LogP contribution in [0.5, 0.6) is 0 Å². The summed E-state index contributed by atoms with van der Waals surface area (Å²) in [6.07, 6.45) is 0.875. The number of benzene rings is 1. The zero-order chi connectivity index (χ0) is 13.1. The highest BCUT2D eigenvalue weighted by Crippen LogP contribution is 2.20. The van der Waals surface area contributed by atoms with Crippen molar-refractivity contribution in [1.82, 2.24) is 0 Å². The summed E-state index contributed by atoms with van der Waals surface area (Å²) in [4.78, 5) is 11.4. The molecule has 0 aliphatic carbocycles. The SMILES string of the molecule is CC(C)(C)CCS(=O)c1ccc(C(=O)O)cc1. The molecule has 0 spiro atoms.